The number of benzene rings is 2. The van der Waals surface area contributed by atoms with E-state index in [0.29, 0.717) is 36.9 Å². The predicted molar refractivity (Wildman–Crippen MR) is 193 cm³/mol. The fourth-order valence-corrected chi connectivity index (χ4v) is 8.16. The number of likely N-dealkylation sites (tertiary alicyclic amines) is 1. The minimum atomic E-state index is -1.31. The van der Waals surface area contributed by atoms with Crippen molar-refractivity contribution < 1.29 is 38.5 Å². The van der Waals surface area contributed by atoms with Crippen LogP contribution in [0.1, 0.15) is 61.8 Å². The Balaban J connectivity index is 1.53. The van der Waals surface area contributed by atoms with E-state index in [1.54, 1.807) is 29.2 Å². The van der Waals surface area contributed by atoms with E-state index in [9.17, 15) is 24.3 Å². The van der Waals surface area contributed by atoms with Gasteiger partial charge in [-0.15, -0.1) is 13.2 Å². The molecule has 0 aliphatic carbocycles. The van der Waals surface area contributed by atoms with Crippen molar-refractivity contribution in [2.75, 3.05) is 31.8 Å². The van der Waals surface area contributed by atoms with Crippen LogP contribution in [0.5, 0.6) is 0 Å². The smallest absolute Gasteiger partial charge is 0.313 e. The third kappa shape index (κ3) is 7.24. The fraction of sp³-hybridized carbons (Fsp3) is 0.500. The fourth-order valence-electron chi connectivity index (χ4n) is 8.16. The van der Waals surface area contributed by atoms with E-state index in [0.717, 1.165) is 11.1 Å². The molecular weight excluding hydrogens is 650 g/mol. The number of carbonyl (C=O) groups is 4. The minimum Gasteiger partial charge on any atom is -0.455 e. The van der Waals surface area contributed by atoms with Gasteiger partial charge in [0.2, 0.25) is 11.8 Å². The third-order valence-electron chi connectivity index (χ3n) is 10.6. The van der Waals surface area contributed by atoms with Crippen LogP contribution in [-0.4, -0.2) is 90.4 Å². The summed E-state index contributed by atoms with van der Waals surface area (Å²) in [6.45, 7) is 13.2. The summed E-state index contributed by atoms with van der Waals surface area (Å²) in [6, 6.07) is 12.4. The van der Waals surface area contributed by atoms with Gasteiger partial charge < -0.3 is 34.4 Å². The van der Waals surface area contributed by atoms with Gasteiger partial charge in [0.25, 0.3) is 5.91 Å². The molecule has 11 heteroatoms. The molecule has 3 fully saturated rings. The van der Waals surface area contributed by atoms with Crippen LogP contribution in [0.2, 0.25) is 0 Å². The summed E-state index contributed by atoms with van der Waals surface area (Å²) < 4.78 is 18.5. The monoisotopic (exact) mass is 701 g/mol. The number of ether oxygens (including phenoxy) is 3. The standard InChI is InChI=1S/C40H51N3O8/c1-7-10-16-32(45)41-29(24-49-6)35(27-14-12-11-13-15-27)50-39(48)33-31-19-20-40(51-31)34(33)37(46)43(28(9-3)23-44)36(40)38(47)42(21-8-2)30-22-25(4)17-18-26(30)5/h7-8,11-15,17-18,22,28-29,31,33-36,44H,1-2,9-10,16,19-21,23-24H2,3-6H3,(H,41,45)/t28-,29-,31+,33-,34-,35-,36+,40-/m0/s1. The van der Waals surface area contributed by atoms with Gasteiger partial charge in [0.1, 0.15) is 17.7 Å². The van der Waals surface area contributed by atoms with Crippen LogP contribution in [0, 0.1) is 25.7 Å². The summed E-state index contributed by atoms with van der Waals surface area (Å²) in [5.41, 5.74) is 1.87. The Hall–Kier alpha value is -4.32. The highest BCUT2D eigenvalue weighted by atomic mass is 16.6. The quantitative estimate of drug-likeness (QED) is 0.184. The number of nitrogens with zero attached hydrogens (tertiary/aromatic N) is 2. The minimum absolute atomic E-state index is 0.0557. The normalized spacial score (nSPS) is 25.1. The first-order chi connectivity index (χ1) is 24.6. The molecule has 51 heavy (non-hydrogen) atoms. The molecule has 0 aromatic heterocycles. The van der Waals surface area contributed by atoms with Gasteiger partial charge in [-0.3, -0.25) is 19.2 Å². The molecule has 8 atom stereocenters. The molecule has 1 spiro atoms. The Morgan fingerprint density at radius 3 is 2.55 bits per heavy atom. The van der Waals surface area contributed by atoms with E-state index < -0.39 is 59.6 Å². The molecular formula is C40H51N3O8. The van der Waals surface area contributed by atoms with Crippen molar-refractivity contribution >= 4 is 29.4 Å². The molecule has 3 heterocycles. The average Bonchev–Trinajstić information content (AvgIpc) is 3.78. The van der Waals surface area contributed by atoms with E-state index in [-0.39, 0.29) is 38.0 Å². The van der Waals surface area contributed by atoms with E-state index >= 15 is 0 Å². The molecule has 3 saturated heterocycles. The average molecular weight is 702 g/mol. The van der Waals surface area contributed by atoms with Crippen LogP contribution in [0.3, 0.4) is 0 Å². The predicted octanol–water partition coefficient (Wildman–Crippen LogP) is 4.35. The van der Waals surface area contributed by atoms with E-state index in [1.165, 1.54) is 12.0 Å². The molecule has 2 aromatic carbocycles. The lowest BCUT2D eigenvalue weighted by Crippen LogP contribution is -2.59. The second-order valence-corrected chi connectivity index (χ2v) is 13.8. The highest BCUT2D eigenvalue weighted by Gasteiger charge is 2.75. The third-order valence-corrected chi connectivity index (χ3v) is 10.6. The molecule has 2 bridgehead atoms. The van der Waals surface area contributed by atoms with Crippen molar-refractivity contribution in [1.82, 2.24) is 10.2 Å². The number of allylic oxidation sites excluding steroid dienone is 1. The Labute approximate surface area is 300 Å². The lowest BCUT2D eigenvalue weighted by Gasteiger charge is -2.39. The second kappa shape index (κ2) is 16.4. The first kappa shape index (κ1) is 37.9. The van der Waals surface area contributed by atoms with Crippen molar-refractivity contribution in [3.8, 4) is 0 Å². The topological polar surface area (TPSA) is 135 Å². The number of amides is 3. The van der Waals surface area contributed by atoms with E-state index in [2.05, 4.69) is 18.5 Å². The van der Waals surface area contributed by atoms with Crippen LogP contribution in [0.25, 0.3) is 0 Å². The molecule has 2 N–H and O–H groups in total. The zero-order valence-electron chi connectivity index (χ0n) is 30.1. The molecule has 11 nitrogen and oxygen atoms in total. The lowest BCUT2D eigenvalue weighted by atomic mass is 9.70. The van der Waals surface area contributed by atoms with Crippen molar-refractivity contribution in [2.45, 2.75) is 88.8 Å². The largest absolute Gasteiger partial charge is 0.455 e. The highest BCUT2D eigenvalue weighted by molar-refractivity contribution is 6.05. The Bertz CT molecular complexity index is 1610. The summed E-state index contributed by atoms with van der Waals surface area (Å²) in [5, 5.41) is 13.5. The van der Waals surface area contributed by atoms with Gasteiger partial charge in [-0.1, -0.05) is 61.5 Å². The number of aliphatic hydroxyl groups is 1. The molecule has 0 unspecified atom stereocenters. The number of anilines is 1. The summed E-state index contributed by atoms with van der Waals surface area (Å²) in [5.74, 6) is -3.70. The maximum atomic E-state index is 14.9. The first-order valence-corrected chi connectivity index (χ1v) is 17.8. The van der Waals surface area contributed by atoms with Gasteiger partial charge in [0.05, 0.1) is 43.2 Å². The van der Waals surface area contributed by atoms with Crippen LogP contribution >= 0.6 is 0 Å². The van der Waals surface area contributed by atoms with Crippen LogP contribution in [0.4, 0.5) is 5.69 Å². The van der Waals surface area contributed by atoms with Crippen LogP contribution in [0.15, 0.2) is 73.8 Å². The number of methoxy groups -OCH3 is 1. The number of hydrogen-bond donors (Lipinski definition) is 2. The van der Waals surface area contributed by atoms with E-state index in [1.807, 2.05) is 57.2 Å². The van der Waals surface area contributed by atoms with Crippen LogP contribution in [-0.2, 0) is 33.4 Å². The van der Waals surface area contributed by atoms with Crippen molar-refractivity contribution in [3.05, 3.63) is 90.5 Å². The summed E-state index contributed by atoms with van der Waals surface area (Å²) in [4.78, 5) is 60.1. The maximum Gasteiger partial charge on any atom is 0.313 e. The summed E-state index contributed by atoms with van der Waals surface area (Å²) >= 11 is 0. The second-order valence-electron chi connectivity index (χ2n) is 13.8. The molecule has 274 valence electrons. The summed E-state index contributed by atoms with van der Waals surface area (Å²) in [7, 11) is 1.50. The number of hydrogen-bond acceptors (Lipinski definition) is 8. The van der Waals surface area contributed by atoms with Gasteiger partial charge in [0, 0.05) is 25.8 Å². The zero-order chi connectivity index (χ0) is 36.9. The van der Waals surface area contributed by atoms with Crippen molar-refractivity contribution in [3.63, 3.8) is 0 Å². The number of rotatable bonds is 17. The van der Waals surface area contributed by atoms with Gasteiger partial charge >= 0.3 is 5.97 Å². The van der Waals surface area contributed by atoms with E-state index in [4.69, 9.17) is 14.2 Å². The number of nitrogens with one attached hydrogen (secondary N) is 1. The highest BCUT2D eigenvalue weighted by Crippen LogP contribution is 2.59. The Morgan fingerprint density at radius 2 is 1.90 bits per heavy atom. The van der Waals surface area contributed by atoms with Crippen LogP contribution < -0.4 is 10.2 Å². The zero-order valence-corrected chi connectivity index (χ0v) is 30.1. The number of aryl methyl sites for hydroxylation is 2. The maximum absolute atomic E-state index is 14.9. The molecule has 0 saturated carbocycles. The number of carbonyl (C=O) groups excluding carboxylic acids is 4. The van der Waals surface area contributed by atoms with Gasteiger partial charge in [-0.2, -0.15) is 0 Å². The van der Waals surface area contributed by atoms with Gasteiger partial charge in [-0.05, 0) is 62.3 Å². The molecule has 2 aromatic rings. The SMILES string of the molecule is C=CCCC(=O)N[C@@H](COC)[C@@H](OC(=O)[C@@H]1[C@H]2C(=O)N([C@@H](CC)CO)[C@H](C(=O)N(CC=C)c3cc(C)ccc3C)[C@]23CC[C@H]1O3)c1ccccc1. The first-order valence-electron chi connectivity index (χ1n) is 17.8. The lowest BCUT2D eigenvalue weighted by molar-refractivity contribution is -0.163. The molecule has 5 rings (SSSR count). The Morgan fingerprint density at radius 1 is 1.16 bits per heavy atom. The molecule has 3 amide bonds. The molecule has 0 radical (unpaired) electrons. The summed E-state index contributed by atoms with van der Waals surface area (Å²) in [6.07, 6.45) is 3.59. The van der Waals surface area contributed by atoms with Gasteiger partial charge in [0.15, 0.2) is 0 Å². The Kier molecular flexibility index (Phi) is 12.2. The number of aliphatic hydroxyl groups excluding tert-OH is 1. The number of esters is 1. The van der Waals surface area contributed by atoms with Crippen molar-refractivity contribution in [1.29, 1.82) is 0 Å². The molecule has 3 aliphatic heterocycles. The molecule has 3 aliphatic rings. The number of fused-ring (bicyclic) bond motifs is 1. The van der Waals surface area contributed by atoms with Gasteiger partial charge in [-0.25, -0.2) is 0 Å². The van der Waals surface area contributed by atoms with Crippen molar-refractivity contribution in [2.24, 2.45) is 11.8 Å².